The number of aliphatic imine (C=N–C) groups is 1. The number of benzene rings is 1. The second-order valence-electron chi connectivity index (χ2n) is 7.42. The average Bonchev–Trinajstić information content (AvgIpc) is 2.79. The molecular formula is C21H23ClFN3O. The zero-order valence-electron chi connectivity index (χ0n) is 15.5. The van der Waals surface area contributed by atoms with Crippen LogP contribution in [0.2, 0.25) is 5.02 Å². The molecule has 3 unspecified atom stereocenters. The summed E-state index contributed by atoms with van der Waals surface area (Å²) in [5.74, 6) is 1.97. The molecule has 0 amide bonds. The van der Waals surface area contributed by atoms with E-state index in [9.17, 15) is 4.39 Å². The van der Waals surface area contributed by atoms with Gasteiger partial charge in [0, 0.05) is 29.9 Å². The van der Waals surface area contributed by atoms with Crippen LogP contribution in [0.4, 0.5) is 10.1 Å². The average molecular weight is 388 g/mol. The maximum atomic E-state index is 13.8. The molecule has 0 N–H and O–H groups in total. The molecule has 4 nitrogen and oxygen atoms in total. The molecule has 0 radical (unpaired) electrons. The molecule has 27 heavy (non-hydrogen) atoms. The van der Waals surface area contributed by atoms with Gasteiger partial charge in [0.05, 0.1) is 6.54 Å². The molecule has 6 heteroatoms. The van der Waals surface area contributed by atoms with E-state index in [1.165, 1.54) is 12.1 Å². The predicted molar refractivity (Wildman–Crippen MR) is 106 cm³/mol. The third kappa shape index (κ3) is 3.79. The number of fused-ring (bicyclic) bond motifs is 1. The Balaban J connectivity index is 1.62. The fraction of sp³-hybridized carbons (Fsp3) is 0.429. The lowest BCUT2D eigenvalue weighted by molar-refractivity contribution is 0.319. The first-order valence-electron chi connectivity index (χ1n) is 9.41. The minimum atomic E-state index is -0.328. The molecule has 3 atom stereocenters. The van der Waals surface area contributed by atoms with Gasteiger partial charge in [0.2, 0.25) is 5.89 Å². The summed E-state index contributed by atoms with van der Waals surface area (Å²) in [5.41, 5.74) is 1.69. The highest BCUT2D eigenvalue weighted by molar-refractivity contribution is 6.30. The lowest BCUT2D eigenvalue weighted by Crippen LogP contribution is -2.23. The second kappa shape index (κ2) is 7.47. The van der Waals surface area contributed by atoms with Crippen LogP contribution < -0.4 is 4.90 Å². The Morgan fingerprint density at radius 1 is 1.26 bits per heavy atom. The van der Waals surface area contributed by atoms with Gasteiger partial charge in [-0.15, -0.1) is 0 Å². The van der Waals surface area contributed by atoms with E-state index in [0.717, 1.165) is 36.5 Å². The van der Waals surface area contributed by atoms with Crippen LogP contribution >= 0.6 is 11.6 Å². The molecule has 142 valence electrons. The Morgan fingerprint density at radius 3 is 2.93 bits per heavy atom. The number of hydrogen-bond acceptors (Lipinski definition) is 4. The van der Waals surface area contributed by atoms with Crippen molar-refractivity contribution in [3.8, 4) is 0 Å². The van der Waals surface area contributed by atoms with Gasteiger partial charge in [-0.05, 0) is 42.5 Å². The van der Waals surface area contributed by atoms with Crippen LogP contribution in [0.5, 0.6) is 0 Å². The van der Waals surface area contributed by atoms with E-state index in [0.29, 0.717) is 29.3 Å². The molecule has 1 aromatic heterocycles. The largest absolute Gasteiger partial charge is 0.443 e. The SMILES string of the molecule is CC1C=CC=NC(c2nc3c(o2)CCCN(c2cc(F)cc(Cl)c2)C3)C1C. The van der Waals surface area contributed by atoms with Crippen molar-refractivity contribution in [2.45, 2.75) is 39.3 Å². The monoisotopic (exact) mass is 387 g/mol. The van der Waals surface area contributed by atoms with E-state index in [4.69, 9.17) is 21.0 Å². The third-order valence-corrected chi connectivity index (χ3v) is 5.73. The Labute approximate surface area is 163 Å². The van der Waals surface area contributed by atoms with Crippen molar-refractivity contribution in [3.63, 3.8) is 0 Å². The number of rotatable bonds is 2. The Morgan fingerprint density at radius 2 is 2.11 bits per heavy atom. The van der Waals surface area contributed by atoms with E-state index in [2.05, 4.69) is 29.8 Å². The third-order valence-electron chi connectivity index (χ3n) is 5.51. The second-order valence-corrected chi connectivity index (χ2v) is 7.86. The van der Waals surface area contributed by atoms with Crippen LogP contribution in [-0.4, -0.2) is 17.7 Å². The lowest BCUT2D eigenvalue weighted by Gasteiger charge is -2.23. The molecule has 0 aliphatic carbocycles. The lowest BCUT2D eigenvalue weighted by atomic mass is 9.89. The molecule has 2 aliphatic rings. The number of oxazole rings is 1. The molecule has 0 fully saturated rings. The van der Waals surface area contributed by atoms with Crippen LogP contribution in [0, 0.1) is 17.7 Å². The van der Waals surface area contributed by atoms with Gasteiger partial charge in [0.25, 0.3) is 0 Å². The van der Waals surface area contributed by atoms with E-state index in [1.807, 2.05) is 12.3 Å². The van der Waals surface area contributed by atoms with Gasteiger partial charge in [-0.3, -0.25) is 4.99 Å². The molecule has 0 saturated carbocycles. The number of nitrogens with zero attached hydrogens (tertiary/aromatic N) is 3. The molecule has 1 aromatic carbocycles. The summed E-state index contributed by atoms with van der Waals surface area (Å²) in [6.45, 7) is 5.75. The molecule has 0 bridgehead atoms. The smallest absolute Gasteiger partial charge is 0.219 e. The number of hydrogen-bond donors (Lipinski definition) is 0. The molecule has 3 heterocycles. The van der Waals surface area contributed by atoms with Gasteiger partial charge < -0.3 is 9.32 Å². The van der Waals surface area contributed by atoms with Gasteiger partial charge in [0.1, 0.15) is 23.3 Å². The van der Waals surface area contributed by atoms with E-state index in [1.54, 1.807) is 6.07 Å². The number of aromatic nitrogens is 1. The van der Waals surface area contributed by atoms with E-state index < -0.39 is 0 Å². The van der Waals surface area contributed by atoms with Crippen molar-refractivity contribution in [3.05, 3.63) is 58.5 Å². The van der Waals surface area contributed by atoms with Gasteiger partial charge >= 0.3 is 0 Å². The van der Waals surface area contributed by atoms with Gasteiger partial charge in [0.15, 0.2) is 0 Å². The van der Waals surface area contributed by atoms with Crippen LogP contribution in [-0.2, 0) is 13.0 Å². The fourth-order valence-electron chi connectivity index (χ4n) is 3.74. The zero-order chi connectivity index (χ0) is 19.0. The molecule has 2 aliphatic heterocycles. The highest BCUT2D eigenvalue weighted by Gasteiger charge is 2.30. The molecule has 4 rings (SSSR count). The highest BCUT2D eigenvalue weighted by atomic mass is 35.5. The topological polar surface area (TPSA) is 41.6 Å². The Hall–Kier alpha value is -2.14. The Kier molecular flexibility index (Phi) is 5.04. The summed E-state index contributed by atoms with van der Waals surface area (Å²) >= 11 is 6.04. The fourth-order valence-corrected chi connectivity index (χ4v) is 3.95. The van der Waals surface area contributed by atoms with Crippen LogP contribution in [0.3, 0.4) is 0 Å². The van der Waals surface area contributed by atoms with E-state index >= 15 is 0 Å². The number of aryl methyl sites for hydroxylation is 1. The van der Waals surface area contributed by atoms with E-state index in [-0.39, 0.29) is 11.9 Å². The molecule has 0 saturated heterocycles. The van der Waals surface area contributed by atoms with Crippen molar-refractivity contribution in [2.24, 2.45) is 16.8 Å². The maximum Gasteiger partial charge on any atom is 0.219 e. The summed E-state index contributed by atoms with van der Waals surface area (Å²) in [6, 6.07) is 4.55. The summed E-state index contributed by atoms with van der Waals surface area (Å²) in [4.78, 5) is 11.6. The summed E-state index contributed by atoms with van der Waals surface area (Å²) in [6.07, 6.45) is 7.72. The summed E-state index contributed by atoms with van der Waals surface area (Å²) in [5, 5.41) is 0.401. The number of allylic oxidation sites excluding steroid dienone is 2. The van der Waals surface area contributed by atoms with Crippen molar-refractivity contribution in [1.29, 1.82) is 0 Å². The number of halogens is 2. The van der Waals surface area contributed by atoms with Crippen LogP contribution in [0.15, 0.2) is 39.8 Å². The minimum absolute atomic E-state index is 0.0843. The first kappa shape index (κ1) is 18.2. The Bertz CT molecular complexity index is 871. The first-order valence-corrected chi connectivity index (χ1v) is 9.78. The summed E-state index contributed by atoms with van der Waals surface area (Å²) in [7, 11) is 0. The first-order chi connectivity index (χ1) is 13.0. The van der Waals surface area contributed by atoms with Gasteiger partial charge in [-0.2, -0.15) is 0 Å². The summed E-state index contributed by atoms with van der Waals surface area (Å²) < 4.78 is 19.9. The minimum Gasteiger partial charge on any atom is -0.443 e. The molecular weight excluding hydrogens is 365 g/mol. The van der Waals surface area contributed by atoms with Crippen molar-refractivity contribution < 1.29 is 8.81 Å². The van der Waals surface area contributed by atoms with Crippen molar-refractivity contribution >= 4 is 23.5 Å². The van der Waals surface area contributed by atoms with Crippen LogP contribution in [0.1, 0.15) is 43.7 Å². The van der Waals surface area contributed by atoms with Gasteiger partial charge in [-0.1, -0.05) is 31.5 Å². The van der Waals surface area contributed by atoms with Crippen molar-refractivity contribution in [2.75, 3.05) is 11.4 Å². The number of anilines is 1. The quantitative estimate of drug-likeness (QED) is 0.695. The molecule has 2 aromatic rings. The zero-order valence-corrected chi connectivity index (χ0v) is 16.3. The maximum absolute atomic E-state index is 13.8. The normalized spacial score (nSPS) is 25.2. The van der Waals surface area contributed by atoms with Gasteiger partial charge in [-0.25, -0.2) is 9.37 Å². The predicted octanol–water partition coefficient (Wildman–Crippen LogP) is 5.37. The standard InChI is InChI=1S/C21H23ClFN3O/c1-13-5-3-7-24-20(14(13)2)21-25-18-12-26(8-4-6-19(18)27-21)17-10-15(22)9-16(23)11-17/h3,5,7,9-11,13-14,20H,4,6,8,12H2,1-2H3. The van der Waals surface area contributed by atoms with Crippen molar-refractivity contribution in [1.82, 2.24) is 4.98 Å². The van der Waals surface area contributed by atoms with Crippen LogP contribution in [0.25, 0.3) is 0 Å². The molecule has 0 spiro atoms. The highest BCUT2D eigenvalue weighted by Crippen LogP contribution is 2.35.